The van der Waals surface area contributed by atoms with Crippen LogP contribution in [0.3, 0.4) is 0 Å². The largest absolute Gasteiger partial charge is 0.465 e. The van der Waals surface area contributed by atoms with E-state index in [9.17, 15) is 22.8 Å². The molecule has 5 rings (SSSR count). The van der Waals surface area contributed by atoms with Crippen molar-refractivity contribution in [1.29, 1.82) is 0 Å². The van der Waals surface area contributed by atoms with E-state index in [1.54, 1.807) is 30.3 Å². The number of benzene rings is 1. The van der Waals surface area contributed by atoms with Crippen molar-refractivity contribution < 1.29 is 27.5 Å². The third-order valence-electron chi connectivity index (χ3n) is 5.89. The summed E-state index contributed by atoms with van der Waals surface area (Å²) in [4.78, 5) is 27.1. The summed E-state index contributed by atoms with van der Waals surface area (Å²) in [6.45, 7) is 0. The van der Waals surface area contributed by atoms with Gasteiger partial charge in [0, 0.05) is 10.3 Å². The van der Waals surface area contributed by atoms with Gasteiger partial charge in [0.05, 0.1) is 23.2 Å². The van der Waals surface area contributed by atoms with E-state index in [-0.39, 0.29) is 15.1 Å². The Morgan fingerprint density at radius 3 is 2.54 bits per heavy atom. The van der Waals surface area contributed by atoms with Gasteiger partial charge in [-0.25, -0.2) is 9.48 Å². The fourth-order valence-electron chi connectivity index (χ4n) is 4.29. The molecule has 0 atom stereocenters. The molecule has 0 fully saturated rings. The number of halogens is 3. The highest BCUT2D eigenvalue weighted by atomic mass is 32.1. The molecule has 35 heavy (non-hydrogen) atoms. The number of anilines is 1. The number of thiophene rings is 2. The first-order valence-electron chi connectivity index (χ1n) is 11.0. The van der Waals surface area contributed by atoms with Crippen molar-refractivity contribution >= 4 is 49.8 Å². The molecule has 0 bridgehead atoms. The minimum absolute atomic E-state index is 0.0898. The predicted octanol–water partition coefficient (Wildman–Crippen LogP) is 6.48. The molecule has 4 aromatic rings. The molecule has 1 aromatic carbocycles. The van der Waals surface area contributed by atoms with Crippen LogP contribution >= 0.6 is 22.7 Å². The van der Waals surface area contributed by atoms with Gasteiger partial charge in [-0.3, -0.25) is 4.79 Å². The number of esters is 1. The molecule has 1 aliphatic rings. The lowest BCUT2D eigenvalue weighted by Crippen LogP contribution is -2.14. The fourth-order valence-corrected chi connectivity index (χ4v) is 6.59. The van der Waals surface area contributed by atoms with E-state index in [1.165, 1.54) is 29.2 Å². The van der Waals surface area contributed by atoms with Crippen LogP contribution < -0.4 is 5.32 Å². The zero-order valence-corrected chi connectivity index (χ0v) is 20.2. The van der Waals surface area contributed by atoms with E-state index in [1.807, 2.05) is 0 Å². The van der Waals surface area contributed by atoms with E-state index in [0.29, 0.717) is 16.3 Å². The summed E-state index contributed by atoms with van der Waals surface area (Å²) in [5, 5.41) is 6.77. The smallest absolute Gasteiger partial charge is 0.435 e. The number of alkyl halides is 3. The van der Waals surface area contributed by atoms with Crippen molar-refractivity contribution in [3.05, 3.63) is 63.0 Å². The van der Waals surface area contributed by atoms with E-state index in [2.05, 4.69) is 10.4 Å². The lowest BCUT2D eigenvalue weighted by molar-refractivity contribution is -0.140. The van der Waals surface area contributed by atoms with Gasteiger partial charge in [0.15, 0.2) is 5.69 Å². The number of aryl methyl sites for hydroxylation is 1. The molecule has 1 amide bonds. The number of methoxy groups -OCH3 is 1. The molecule has 0 saturated heterocycles. The Labute approximate surface area is 206 Å². The second-order valence-electron chi connectivity index (χ2n) is 8.14. The number of rotatable bonds is 4. The molecule has 1 aliphatic carbocycles. The first-order chi connectivity index (χ1) is 16.8. The number of carbonyl (C=O) groups excluding carboxylic acids is 2. The Bertz CT molecular complexity index is 1420. The van der Waals surface area contributed by atoms with E-state index in [4.69, 9.17) is 4.74 Å². The third-order valence-corrected chi connectivity index (χ3v) is 8.21. The van der Waals surface area contributed by atoms with Crippen molar-refractivity contribution in [3.8, 4) is 5.69 Å². The summed E-state index contributed by atoms with van der Waals surface area (Å²) in [6, 6.07) is 9.66. The molecule has 3 heterocycles. The lowest BCUT2D eigenvalue weighted by Gasteiger charge is -2.07. The second kappa shape index (κ2) is 9.12. The topological polar surface area (TPSA) is 73.2 Å². The van der Waals surface area contributed by atoms with Gasteiger partial charge in [-0.2, -0.15) is 18.3 Å². The summed E-state index contributed by atoms with van der Waals surface area (Å²) < 4.78 is 47.3. The Hall–Kier alpha value is -3.18. The summed E-state index contributed by atoms with van der Waals surface area (Å²) in [5.74, 6) is -1.12. The molecule has 6 nitrogen and oxygen atoms in total. The Morgan fingerprint density at radius 2 is 1.83 bits per heavy atom. The van der Waals surface area contributed by atoms with Crippen molar-refractivity contribution in [2.24, 2.45) is 0 Å². The van der Waals surface area contributed by atoms with Crippen molar-refractivity contribution in [3.63, 3.8) is 0 Å². The summed E-state index contributed by atoms with van der Waals surface area (Å²) in [7, 11) is 1.29. The Balaban J connectivity index is 1.55. The number of fused-ring (bicyclic) bond motifs is 2. The van der Waals surface area contributed by atoms with Crippen LogP contribution in [0, 0.1) is 0 Å². The van der Waals surface area contributed by atoms with Gasteiger partial charge in [-0.05, 0) is 49.4 Å². The highest BCUT2D eigenvalue weighted by Gasteiger charge is 2.38. The second-order valence-corrected chi connectivity index (χ2v) is 10.3. The molecule has 0 saturated carbocycles. The number of carbonyl (C=O) groups is 2. The molecular formula is C24H20F3N3O3S2. The van der Waals surface area contributed by atoms with Crippen LogP contribution in [0.25, 0.3) is 15.9 Å². The Morgan fingerprint density at radius 1 is 1.09 bits per heavy atom. The van der Waals surface area contributed by atoms with Crippen LogP contribution in [0.1, 0.15) is 55.4 Å². The number of aromatic nitrogens is 2. The van der Waals surface area contributed by atoms with E-state index < -0.39 is 23.7 Å². The number of hydrogen-bond donors (Lipinski definition) is 1. The number of nitrogens with zero attached hydrogens (tertiary/aromatic N) is 2. The van der Waals surface area contributed by atoms with Crippen LogP contribution in [0.2, 0.25) is 0 Å². The van der Waals surface area contributed by atoms with Crippen molar-refractivity contribution in [2.75, 3.05) is 12.4 Å². The molecular weight excluding hydrogens is 499 g/mol. The average Bonchev–Trinajstić information content (AvgIpc) is 3.46. The van der Waals surface area contributed by atoms with Gasteiger partial charge in [0.25, 0.3) is 5.91 Å². The van der Waals surface area contributed by atoms with Crippen molar-refractivity contribution in [1.82, 2.24) is 9.78 Å². The summed E-state index contributed by atoms with van der Waals surface area (Å²) >= 11 is 2.25. The third kappa shape index (κ3) is 4.34. The van der Waals surface area contributed by atoms with Crippen LogP contribution in [0.5, 0.6) is 0 Å². The van der Waals surface area contributed by atoms with Gasteiger partial charge in [0.2, 0.25) is 0 Å². The van der Waals surface area contributed by atoms with Crippen LogP contribution in [0.15, 0.2) is 36.4 Å². The number of hydrogen-bond acceptors (Lipinski definition) is 6. The maximum atomic E-state index is 13.7. The quantitative estimate of drug-likeness (QED) is 0.248. The van der Waals surface area contributed by atoms with Crippen molar-refractivity contribution in [2.45, 2.75) is 38.3 Å². The van der Waals surface area contributed by atoms with Gasteiger partial charge in [-0.15, -0.1) is 22.7 Å². The Kier molecular flexibility index (Phi) is 6.14. The maximum Gasteiger partial charge on any atom is 0.435 e. The van der Waals surface area contributed by atoms with Gasteiger partial charge >= 0.3 is 12.1 Å². The lowest BCUT2D eigenvalue weighted by atomic mass is 10.1. The number of para-hydroxylation sites is 1. The zero-order chi connectivity index (χ0) is 24.7. The van der Waals surface area contributed by atoms with Gasteiger partial charge in [-0.1, -0.05) is 24.6 Å². The minimum atomic E-state index is -4.68. The average molecular weight is 520 g/mol. The van der Waals surface area contributed by atoms with Crippen LogP contribution in [-0.2, 0) is 23.8 Å². The molecule has 182 valence electrons. The van der Waals surface area contributed by atoms with Gasteiger partial charge < -0.3 is 10.1 Å². The predicted molar refractivity (Wildman–Crippen MR) is 129 cm³/mol. The standard InChI is InChI=1S/C24H20F3N3O3S2/c1-33-23(32)18-14-10-6-3-7-11-16(14)34-21(18)28-20(31)17-12-15-19(24(25,26)27)29-30(22(15)35-17)13-8-4-2-5-9-13/h2,4-5,8-9,12H,3,6-7,10-11H2,1H3,(H,28,31). The molecule has 0 radical (unpaired) electrons. The van der Waals surface area contributed by atoms with E-state index >= 15 is 0 Å². The maximum absolute atomic E-state index is 13.7. The SMILES string of the molecule is COC(=O)c1c(NC(=O)c2cc3c(C(F)(F)F)nn(-c4ccccc4)c3s2)sc2c1CCCCC2. The van der Waals surface area contributed by atoms with Gasteiger partial charge in [0.1, 0.15) is 9.83 Å². The number of nitrogens with one attached hydrogen (secondary N) is 1. The first kappa shape index (κ1) is 23.6. The highest BCUT2D eigenvalue weighted by Crippen LogP contribution is 2.41. The molecule has 0 unspecified atom stereocenters. The normalized spacial score (nSPS) is 13.9. The monoisotopic (exact) mass is 519 g/mol. The number of amides is 1. The molecule has 1 N–H and O–H groups in total. The molecule has 11 heteroatoms. The minimum Gasteiger partial charge on any atom is -0.465 e. The molecule has 0 spiro atoms. The number of ether oxygens (including phenoxy) is 1. The molecule has 0 aliphatic heterocycles. The molecule has 3 aromatic heterocycles. The van der Waals surface area contributed by atoms with Crippen LogP contribution in [-0.4, -0.2) is 28.8 Å². The highest BCUT2D eigenvalue weighted by molar-refractivity contribution is 7.21. The summed E-state index contributed by atoms with van der Waals surface area (Å²) in [5.41, 5.74) is 0.641. The van der Waals surface area contributed by atoms with E-state index in [0.717, 1.165) is 53.9 Å². The first-order valence-corrected chi connectivity index (χ1v) is 12.6. The van der Waals surface area contributed by atoms with Crippen LogP contribution in [0.4, 0.5) is 18.2 Å². The summed E-state index contributed by atoms with van der Waals surface area (Å²) in [6.07, 6.45) is -0.162. The fraction of sp³-hybridized carbons (Fsp3) is 0.292. The zero-order valence-electron chi connectivity index (χ0n) is 18.6.